The molecular weight excluding hydrogens is 485 g/mol. The average Bonchev–Trinajstić information content (AvgIpc) is 2.84. The lowest BCUT2D eigenvalue weighted by molar-refractivity contribution is -0.104. The van der Waals surface area contributed by atoms with Crippen LogP contribution in [0.2, 0.25) is 0 Å². The minimum Gasteiger partial charge on any atom is -0.768 e. The molecule has 2 bridgehead atoms. The zero-order valence-corrected chi connectivity index (χ0v) is 19.9. The van der Waals surface area contributed by atoms with Crippen molar-refractivity contribution in [2.24, 2.45) is 0 Å². The van der Waals surface area contributed by atoms with Gasteiger partial charge < -0.3 is 18.8 Å². The fourth-order valence-electron chi connectivity index (χ4n) is 4.66. The molecule has 192 valence electrons. The molecular formula is C26H29FN3O5S-. The molecule has 0 saturated carbocycles. The second kappa shape index (κ2) is 11.4. The Labute approximate surface area is 212 Å². The van der Waals surface area contributed by atoms with E-state index in [0.29, 0.717) is 24.7 Å². The Bertz CT molecular complexity index is 1200. The van der Waals surface area contributed by atoms with Crippen LogP contribution >= 0.6 is 0 Å². The molecule has 2 saturated heterocycles. The highest BCUT2D eigenvalue weighted by Gasteiger charge is 2.40. The van der Waals surface area contributed by atoms with E-state index in [1.54, 1.807) is 6.92 Å². The van der Waals surface area contributed by atoms with E-state index < -0.39 is 16.9 Å². The lowest BCUT2D eigenvalue weighted by Crippen LogP contribution is -2.58. The van der Waals surface area contributed by atoms with Crippen molar-refractivity contribution < 1.29 is 27.4 Å². The predicted molar refractivity (Wildman–Crippen MR) is 131 cm³/mol. The van der Waals surface area contributed by atoms with Crippen molar-refractivity contribution in [1.82, 2.24) is 14.9 Å². The number of aromatic nitrogens is 2. The fourth-order valence-corrected chi connectivity index (χ4v) is 5.04. The molecule has 5 rings (SSSR count). The Balaban J connectivity index is 0.00000304. The van der Waals surface area contributed by atoms with Gasteiger partial charge in [0.25, 0.3) is 0 Å². The smallest absolute Gasteiger partial charge is 0.229 e. The normalized spacial score (nSPS) is 22.4. The molecule has 0 spiro atoms. The highest BCUT2D eigenvalue weighted by atomic mass is 32.2. The van der Waals surface area contributed by atoms with Gasteiger partial charge in [-0.2, -0.15) is 0 Å². The quantitative estimate of drug-likeness (QED) is 0.428. The lowest BCUT2D eigenvalue weighted by Gasteiger charge is -2.48. The summed E-state index contributed by atoms with van der Waals surface area (Å²) in [5.74, 6) is -0.401. The summed E-state index contributed by atoms with van der Waals surface area (Å²) in [6.07, 6.45) is 2.85. The molecule has 3 unspecified atom stereocenters. The summed E-state index contributed by atoms with van der Waals surface area (Å²) in [5.41, 5.74) is 1.82. The molecule has 0 amide bonds. The van der Waals surface area contributed by atoms with E-state index in [1.807, 2.05) is 6.07 Å². The second-order valence-corrected chi connectivity index (χ2v) is 9.69. The highest BCUT2D eigenvalue weighted by molar-refractivity contribution is 7.79. The van der Waals surface area contributed by atoms with Gasteiger partial charge in [0.15, 0.2) is 11.6 Å². The maximum atomic E-state index is 14.3. The summed E-state index contributed by atoms with van der Waals surface area (Å²) in [7, 11) is 0. The van der Waals surface area contributed by atoms with Crippen molar-refractivity contribution in [3.63, 3.8) is 0 Å². The molecule has 3 heterocycles. The van der Waals surface area contributed by atoms with Crippen LogP contribution in [0.25, 0.3) is 0 Å². The Morgan fingerprint density at radius 2 is 1.81 bits per heavy atom. The van der Waals surface area contributed by atoms with Gasteiger partial charge in [-0.25, -0.2) is 14.4 Å². The van der Waals surface area contributed by atoms with Gasteiger partial charge in [0, 0.05) is 36.4 Å². The Hall–Kier alpha value is -2.92. The third kappa shape index (κ3) is 5.73. The van der Waals surface area contributed by atoms with Gasteiger partial charge >= 0.3 is 0 Å². The topological polar surface area (TPSA) is 96.8 Å². The van der Waals surface area contributed by atoms with Crippen molar-refractivity contribution >= 4 is 11.1 Å². The number of benzene rings is 2. The summed E-state index contributed by atoms with van der Waals surface area (Å²) in [5, 5.41) is 0. The van der Waals surface area contributed by atoms with Gasteiger partial charge in [0.2, 0.25) is 11.8 Å². The van der Waals surface area contributed by atoms with Crippen LogP contribution in [0.1, 0.15) is 31.4 Å². The zero-order chi connectivity index (χ0) is 24.4. The fraction of sp³-hybridized carbons (Fsp3) is 0.385. The lowest BCUT2D eigenvalue weighted by atomic mass is 9.91. The van der Waals surface area contributed by atoms with Crippen molar-refractivity contribution in [2.75, 3.05) is 13.2 Å². The van der Waals surface area contributed by atoms with Crippen LogP contribution in [-0.2, 0) is 22.4 Å². The molecule has 0 aliphatic carbocycles. The maximum absolute atomic E-state index is 14.3. The SMILES string of the molecule is C.Cc1c(Oc2ccc(S(=O)[O-])cc2F)ncnc1OC1CC2COCC(C1)N2Cc1ccccc1. The number of piperidine rings is 1. The minimum atomic E-state index is -2.53. The van der Waals surface area contributed by atoms with Crippen molar-refractivity contribution in [3.05, 3.63) is 71.8 Å². The number of rotatable bonds is 7. The summed E-state index contributed by atoms with van der Waals surface area (Å²) in [4.78, 5) is 10.7. The largest absolute Gasteiger partial charge is 0.768 e. The Kier molecular flexibility index (Phi) is 8.30. The van der Waals surface area contributed by atoms with Gasteiger partial charge in [-0.1, -0.05) is 37.8 Å². The highest BCUT2D eigenvalue weighted by Crippen LogP contribution is 2.34. The molecule has 2 aliphatic rings. The van der Waals surface area contributed by atoms with E-state index in [0.717, 1.165) is 25.5 Å². The van der Waals surface area contributed by atoms with E-state index in [9.17, 15) is 13.2 Å². The number of fused-ring (bicyclic) bond motifs is 2. The van der Waals surface area contributed by atoms with Crippen LogP contribution in [0.15, 0.2) is 59.8 Å². The number of nitrogens with zero attached hydrogens (tertiary/aromatic N) is 3. The van der Waals surface area contributed by atoms with E-state index in [2.05, 4.69) is 39.1 Å². The van der Waals surface area contributed by atoms with Gasteiger partial charge in [-0.15, -0.1) is 0 Å². The molecule has 2 aromatic carbocycles. The minimum absolute atomic E-state index is 0. The average molecular weight is 515 g/mol. The van der Waals surface area contributed by atoms with Gasteiger partial charge in [0.1, 0.15) is 12.4 Å². The van der Waals surface area contributed by atoms with Crippen LogP contribution in [0, 0.1) is 12.7 Å². The first-order chi connectivity index (χ1) is 17.0. The van der Waals surface area contributed by atoms with Crippen LogP contribution in [0.5, 0.6) is 17.5 Å². The number of hydrogen-bond acceptors (Lipinski definition) is 8. The first kappa shape index (κ1) is 26.2. The number of halogens is 1. The summed E-state index contributed by atoms with van der Waals surface area (Å²) in [6.45, 7) is 3.94. The van der Waals surface area contributed by atoms with E-state index in [1.165, 1.54) is 24.0 Å². The molecule has 0 N–H and O–H groups in total. The van der Waals surface area contributed by atoms with Gasteiger partial charge in [0.05, 0.1) is 18.8 Å². The first-order valence-corrected chi connectivity index (χ1v) is 12.5. The monoisotopic (exact) mass is 514 g/mol. The third-order valence-electron chi connectivity index (χ3n) is 6.41. The summed E-state index contributed by atoms with van der Waals surface area (Å²) < 4.78 is 54.2. The van der Waals surface area contributed by atoms with Gasteiger partial charge in [-0.05, 0) is 41.8 Å². The van der Waals surface area contributed by atoms with Gasteiger partial charge in [-0.3, -0.25) is 9.11 Å². The predicted octanol–water partition coefficient (Wildman–Crippen LogP) is 4.40. The van der Waals surface area contributed by atoms with E-state index >= 15 is 0 Å². The van der Waals surface area contributed by atoms with Crippen LogP contribution in [0.4, 0.5) is 4.39 Å². The van der Waals surface area contributed by atoms with E-state index in [4.69, 9.17) is 14.2 Å². The molecule has 3 atom stereocenters. The third-order valence-corrected chi connectivity index (χ3v) is 7.05. The molecule has 36 heavy (non-hydrogen) atoms. The molecule has 10 heteroatoms. The summed E-state index contributed by atoms with van der Waals surface area (Å²) >= 11 is -2.53. The maximum Gasteiger partial charge on any atom is 0.229 e. The second-order valence-electron chi connectivity index (χ2n) is 8.75. The van der Waals surface area contributed by atoms with Crippen LogP contribution < -0.4 is 9.47 Å². The Morgan fingerprint density at radius 1 is 1.11 bits per heavy atom. The molecule has 0 radical (unpaired) electrons. The Morgan fingerprint density at radius 3 is 2.47 bits per heavy atom. The van der Waals surface area contributed by atoms with E-state index in [-0.39, 0.29) is 42.1 Å². The van der Waals surface area contributed by atoms with Crippen LogP contribution in [-0.4, -0.2) is 55.0 Å². The number of morpholine rings is 1. The van der Waals surface area contributed by atoms with Crippen molar-refractivity contribution in [3.8, 4) is 17.5 Å². The first-order valence-electron chi connectivity index (χ1n) is 11.4. The standard InChI is InChI=1S/C25H26FN3O5S.CH4/c1-16-24(27-15-28-25(16)34-23-8-7-21(35(30)31)11-22(23)26)33-20-9-18-13-32-14-19(10-20)29(18)12-17-5-3-2-4-6-17;/h2-8,11,15,18-20H,9-10,12-14H2,1H3,(H,30,31);1H4/p-1. The van der Waals surface area contributed by atoms with Crippen LogP contribution in [0.3, 0.4) is 0 Å². The van der Waals surface area contributed by atoms with Crippen molar-refractivity contribution in [2.45, 2.75) is 56.8 Å². The molecule has 1 aromatic heterocycles. The molecule has 8 nitrogen and oxygen atoms in total. The zero-order valence-electron chi connectivity index (χ0n) is 19.1. The van der Waals surface area contributed by atoms with Crippen molar-refractivity contribution in [1.29, 1.82) is 0 Å². The molecule has 2 aliphatic heterocycles. The number of hydrogen-bond donors (Lipinski definition) is 0. The summed E-state index contributed by atoms with van der Waals surface area (Å²) in [6, 6.07) is 14.3. The molecule has 3 aromatic rings. The number of ether oxygens (including phenoxy) is 3. The molecule has 2 fully saturated rings.